The fourth-order valence-corrected chi connectivity index (χ4v) is 1.46. The van der Waals surface area contributed by atoms with Gasteiger partial charge in [0.1, 0.15) is 0 Å². The van der Waals surface area contributed by atoms with Gasteiger partial charge in [-0.15, -0.1) is 0 Å². The molecule has 0 saturated heterocycles. The molecule has 1 aromatic rings. The van der Waals surface area contributed by atoms with Gasteiger partial charge in [0.15, 0.2) is 11.6 Å². The van der Waals surface area contributed by atoms with E-state index in [0.29, 0.717) is 17.5 Å². The molecule has 2 aliphatic heterocycles. The van der Waals surface area contributed by atoms with Gasteiger partial charge in [-0.2, -0.15) is 9.97 Å². The maximum Gasteiger partial charge on any atom is 0.371 e. The number of nitrogens with one attached hydrogen (secondary N) is 2. The Balaban J connectivity index is 2.20. The summed E-state index contributed by atoms with van der Waals surface area (Å²) in [6, 6.07) is 9.55. The van der Waals surface area contributed by atoms with E-state index in [1.807, 2.05) is 30.3 Å². The molecule has 0 aliphatic carbocycles. The standard InChI is InChI=1S/C10H7N5O/c16-10-12-8-9(13-10)15-14-7(11-8)6-4-2-1-3-5-6/h1-5H,(H2,11,12,13,14,15,16). The normalized spacial score (nSPS) is 10.8. The van der Waals surface area contributed by atoms with Gasteiger partial charge in [-0.3, -0.25) is 10.2 Å². The van der Waals surface area contributed by atoms with Crippen LogP contribution in [0.4, 0.5) is 0 Å². The van der Waals surface area contributed by atoms with Crippen LogP contribution in [0.15, 0.2) is 35.1 Å². The van der Waals surface area contributed by atoms with Crippen molar-refractivity contribution in [2.24, 2.45) is 0 Å². The maximum atomic E-state index is 10.9. The Bertz CT molecular complexity index is 642. The van der Waals surface area contributed by atoms with E-state index in [1.54, 1.807) is 0 Å². The van der Waals surface area contributed by atoms with Crippen molar-refractivity contribution in [2.75, 3.05) is 0 Å². The first-order valence-electron chi connectivity index (χ1n) is 4.71. The van der Waals surface area contributed by atoms with Crippen molar-refractivity contribution in [1.82, 2.24) is 25.1 Å². The highest BCUT2D eigenvalue weighted by Gasteiger charge is 2.12. The highest BCUT2D eigenvalue weighted by atomic mass is 16.1. The summed E-state index contributed by atoms with van der Waals surface area (Å²) in [6.07, 6.45) is 0. The second kappa shape index (κ2) is 3.27. The van der Waals surface area contributed by atoms with Crippen molar-refractivity contribution in [3.05, 3.63) is 40.8 Å². The Morgan fingerprint density at radius 3 is 2.44 bits per heavy atom. The van der Waals surface area contributed by atoms with Gasteiger partial charge in [-0.05, 0) is 0 Å². The highest BCUT2D eigenvalue weighted by molar-refractivity contribution is 5.57. The Morgan fingerprint density at radius 1 is 0.875 bits per heavy atom. The van der Waals surface area contributed by atoms with Crippen molar-refractivity contribution in [2.45, 2.75) is 0 Å². The number of hydrogen-bond donors (Lipinski definition) is 2. The maximum absolute atomic E-state index is 10.9. The zero-order chi connectivity index (χ0) is 11.0. The van der Waals surface area contributed by atoms with Crippen LogP contribution in [-0.4, -0.2) is 25.1 Å². The number of aromatic nitrogens is 5. The lowest BCUT2D eigenvalue weighted by molar-refractivity contribution is 0.958. The smallest absolute Gasteiger partial charge is 0.282 e. The number of H-pyrrole nitrogens is 2. The molecule has 6 heteroatoms. The molecule has 0 saturated carbocycles. The monoisotopic (exact) mass is 213 g/mol. The summed E-state index contributed by atoms with van der Waals surface area (Å²) < 4.78 is 0. The molecule has 3 rings (SSSR count). The first kappa shape index (κ1) is 8.78. The minimum atomic E-state index is -0.530. The fourth-order valence-electron chi connectivity index (χ4n) is 1.46. The summed E-state index contributed by atoms with van der Waals surface area (Å²) in [5.74, 6) is 1.31. The predicted octanol–water partition coefficient (Wildman–Crippen LogP) is 0.660. The molecule has 0 bridgehead atoms. The molecule has 0 aromatic heterocycles. The average Bonchev–Trinajstić information content (AvgIpc) is 2.69. The van der Waals surface area contributed by atoms with E-state index in [1.165, 1.54) is 0 Å². The Hall–Kier alpha value is -2.50. The van der Waals surface area contributed by atoms with Gasteiger partial charge in [-0.1, -0.05) is 30.3 Å². The summed E-state index contributed by atoms with van der Waals surface area (Å²) in [7, 11) is 0. The summed E-state index contributed by atoms with van der Waals surface area (Å²) in [5, 5.41) is 5.64. The van der Waals surface area contributed by atoms with E-state index in [4.69, 9.17) is 0 Å². The predicted molar refractivity (Wildman–Crippen MR) is 56.9 cm³/mol. The highest BCUT2D eigenvalue weighted by Crippen LogP contribution is 2.16. The number of rotatable bonds is 1. The molecule has 0 amide bonds. The molecule has 0 atom stereocenters. The first-order chi connectivity index (χ1) is 7.83. The minimum absolute atomic E-state index is 0.322. The minimum Gasteiger partial charge on any atom is -0.282 e. The van der Waals surface area contributed by atoms with Crippen molar-refractivity contribution in [1.29, 1.82) is 0 Å². The number of imidazole rings is 1. The quantitative estimate of drug-likeness (QED) is 0.621. The molecule has 2 aliphatic rings. The second-order valence-corrected chi connectivity index (χ2v) is 3.25. The third-order valence-electron chi connectivity index (χ3n) is 2.19. The van der Waals surface area contributed by atoms with Gasteiger partial charge in [0.05, 0.1) is 0 Å². The van der Waals surface area contributed by atoms with E-state index < -0.39 is 5.69 Å². The Morgan fingerprint density at radius 2 is 1.62 bits per heavy atom. The third kappa shape index (κ3) is 1.36. The van der Waals surface area contributed by atoms with Crippen LogP contribution in [0, 0.1) is 0 Å². The van der Waals surface area contributed by atoms with Crippen LogP contribution in [-0.2, 0) is 0 Å². The third-order valence-corrected chi connectivity index (χ3v) is 2.19. The van der Waals surface area contributed by atoms with Crippen LogP contribution in [0.1, 0.15) is 0 Å². The molecule has 0 unspecified atom stereocenters. The number of aromatic amines is 2. The molecule has 2 heterocycles. The summed E-state index contributed by atoms with van der Waals surface area (Å²) in [5.41, 5.74) is 0.383. The molecule has 0 radical (unpaired) electrons. The zero-order valence-electron chi connectivity index (χ0n) is 8.14. The van der Waals surface area contributed by atoms with Gasteiger partial charge >= 0.3 is 5.69 Å². The molecule has 0 fully saturated rings. The van der Waals surface area contributed by atoms with Crippen molar-refractivity contribution < 1.29 is 0 Å². The molecule has 6 nitrogen and oxygen atoms in total. The topological polar surface area (TPSA) is 87.3 Å². The van der Waals surface area contributed by atoms with Crippen LogP contribution >= 0.6 is 0 Å². The molecule has 78 valence electrons. The number of nitrogens with zero attached hydrogens (tertiary/aromatic N) is 3. The Kier molecular flexibility index (Phi) is 1.79. The van der Waals surface area contributed by atoms with Crippen LogP contribution in [0.25, 0.3) is 23.0 Å². The first-order valence-corrected chi connectivity index (χ1v) is 4.71. The molecule has 2 N–H and O–H groups in total. The SMILES string of the molecule is O=c1nc2nc(-c3ccccc3)[nH][nH]c-2n1. The van der Waals surface area contributed by atoms with Gasteiger partial charge in [-0.25, -0.2) is 9.78 Å². The lowest BCUT2D eigenvalue weighted by Crippen LogP contribution is -1.99. The molecule has 16 heavy (non-hydrogen) atoms. The van der Waals surface area contributed by atoms with Crippen LogP contribution in [0.2, 0.25) is 0 Å². The van der Waals surface area contributed by atoms with Gasteiger partial charge < -0.3 is 0 Å². The number of fused-ring (bicyclic) bond motifs is 1. The molecule has 1 aromatic carbocycles. The molecule has 0 spiro atoms. The van der Waals surface area contributed by atoms with E-state index >= 15 is 0 Å². The largest absolute Gasteiger partial charge is 0.371 e. The summed E-state index contributed by atoms with van der Waals surface area (Å²) in [4.78, 5) is 22.4. The van der Waals surface area contributed by atoms with Crippen molar-refractivity contribution in [3.8, 4) is 23.0 Å². The van der Waals surface area contributed by atoms with E-state index in [0.717, 1.165) is 5.56 Å². The van der Waals surface area contributed by atoms with E-state index in [-0.39, 0.29) is 0 Å². The molecular weight excluding hydrogens is 206 g/mol. The van der Waals surface area contributed by atoms with E-state index in [2.05, 4.69) is 25.1 Å². The molecular formula is C10H7N5O. The average molecular weight is 213 g/mol. The van der Waals surface area contributed by atoms with Gasteiger partial charge in [0.25, 0.3) is 0 Å². The summed E-state index contributed by atoms with van der Waals surface area (Å²) >= 11 is 0. The van der Waals surface area contributed by atoms with Crippen LogP contribution in [0.3, 0.4) is 0 Å². The van der Waals surface area contributed by atoms with Gasteiger partial charge in [0, 0.05) is 5.56 Å². The van der Waals surface area contributed by atoms with Gasteiger partial charge in [0.2, 0.25) is 5.82 Å². The van der Waals surface area contributed by atoms with Crippen LogP contribution < -0.4 is 5.69 Å². The van der Waals surface area contributed by atoms with Crippen molar-refractivity contribution >= 4 is 0 Å². The second-order valence-electron chi connectivity index (χ2n) is 3.25. The van der Waals surface area contributed by atoms with E-state index in [9.17, 15) is 4.79 Å². The zero-order valence-corrected chi connectivity index (χ0v) is 8.14. The van der Waals surface area contributed by atoms with Crippen molar-refractivity contribution in [3.63, 3.8) is 0 Å². The lowest BCUT2D eigenvalue weighted by Gasteiger charge is -2.02. The summed E-state index contributed by atoms with van der Waals surface area (Å²) in [6.45, 7) is 0. The lowest BCUT2D eigenvalue weighted by atomic mass is 10.2. The number of benzene rings is 1. The number of hydrogen-bond acceptors (Lipinski definition) is 4. The van der Waals surface area contributed by atoms with Crippen LogP contribution in [0.5, 0.6) is 0 Å². The Labute approximate surface area is 89.7 Å². The fraction of sp³-hybridized carbons (Fsp3) is 0.